The van der Waals surface area contributed by atoms with E-state index in [0.29, 0.717) is 6.42 Å². The topological polar surface area (TPSA) is 85.3 Å². The average molecular weight is 265 g/mol. The van der Waals surface area contributed by atoms with E-state index in [0.717, 1.165) is 17.2 Å². The van der Waals surface area contributed by atoms with Crippen LogP contribution >= 0.6 is 11.8 Å². The molecule has 0 aromatic carbocycles. The first-order chi connectivity index (χ1) is 8.70. The number of aromatic nitrogens is 3. The second kappa shape index (κ2) is 5.83. The van der Waals surface area contributed by atoms with Crippen LogP contribution in [0.1, 0.15) is 19.8 Å². The summed E-state index contributed by atoms with van der Waals surface area (Å²) in [6.07, 6.45) is 3.09. The van der Waals surface area contributed by atoms with Crippen molar-refractivity contribution < 1.29 is 4.79 Å². The molecule has 1 atom stereocenters. The number of nitrogens with two attached hydrogens (primary N) is 1. The zero-order valence-corrected chi connectivity index (χ0v) is 10.9. The quantitative estimate of drug-likeness (QED) is 0.364. The first kappa shape index (κ1) is 12.8. The third-order valence-electron chi connectivity index (χ3n) is 2.53. The normalized spacial score (nSPS) is 12.6. The van der Waals surface area contributed by atoms with Crippen LogP contribution in [-0.2, 0) is 4.79 Å². The van der Waals surface area contributed by atoms with Gasteiger partial charge in [-0.1, -0.05) is 24.8 Å². The number of nitrogens with one attached hydrogen (secondary N) is 1. The Morgan fingerprint density at radius 3 is 3.17 bits per heavy atom. The second-order valence-corrected chi connectivity index (χ2v) is 5.35. The molecule has 2 aromatic heterocycles. The van der Waals surface area contributed by atoms with Gasteiger partial charge in [0.05, 0.1) is 0 Å². The Bertz CT molecular complexity index is 541. The van der Waals surface area contributed by atoms with Gasteiger partial charge in [-0.3, -0.25) is 14.6 Å². The molecule has 0 spiro atoms. The van der Waals surface area contributed by atoms with Crippen LogP contribution in [0.3, 0.4) is 0 Å². The van der Waals surface area contributed by atoms with Crippen LogP contribution in [0.25, 0.3) is 5.65 Å². The molecule has 0 bridgehead atoms. The SMILES string of the molecule is CC(CCC(=O)NN)Sc1nnc2ccccn12. The number of thioether (sulfide) groups is 1. The van der Waals surface area contributed by atoms with E-state index in [-0.39, 0.29) is 11.2 Å². The lowest BCUT2D eigenvalue weighted by atomic mass is 10.2. The van der Waals surface area contributed by atoms with Gasteiger partial charge in [0.15, 0.2) is 10.8 Å². The lowest BCUT2D eigenvalue weighted by Gasteiger charge is -2.08. The van der Waals surface area contributed by atoms with Gasteiger partial charge in [-0.15, -0.1) is 10.2 Å². The fraction of sp³-hybridized carbons (Fsp3) is 0.364. The van der Waals surface area contributed by atoms with E-state index < -0.39 is 0 Å². The van der Waals surface area contributed by atoms with Crippen molar-refractivity contribution in [2.75, 3.05) is 0 Å². The fourth-order valence-electron chi connectivity index (χ4n) is 1.55. The highest BCUT2D eigenvalue weighted by molar-refractivity contribution is 7.99. The molecule has 2 rings (SSSR count). The zero-order valence-electron chi connectivity index (χ0n) is 10.0. The summed E-state index contributed by atoms with van der Waals surface area (Å²) in [5, 5.41) is 9.32. The molecule has 3 N–H and O–H groups in total. The largest absolute Gasteiger partial charge is 0.294 e. The summed E-state index contributed by atoms with van der Waals surface area (Å²) in [4.78, 5) is 11.1. The molecule has 96 valence electrons. The molecule has 1 unspecified atom stereocenters. The van der Waals surface area contributed by atoms with Crippen molar-refractivity contribution in [2.24, 2.45) is 5.84 Å². The molecule has 0 fully saturated rings. The van der Waals surface area contributed by atoms with Gasteiger partial charge in [-0.25, -0.2) is 5.84 Å². The molecule has 0 aliphatic carbocycles. The van der Waals surface area contributed by atoms with Crippen LogP contribution in [0.2, 0.25) is 0 Å². The number of amides is 1. The smallest absolute Gasteiger partial charge is 0.233 e. The van der Waals surface area contributed by atoms with Gasteiger partial charge >= 0.3 is 0 Å². The van der Waals surface area contributed by atoms with E-state index in [1.807, 2.05) is 28.8 Å². The molecule has 0 saturated carbocycles. The van der Waals surface area contributed by atoms with Crippen molar-refractivity contribution in [3.05, 3.63) is 24.4 Å². The number of fused-ring (bicyclic) bond motifs is 1. The van der Waals surface area contributed by atoms with Crippen molar-refractivity contribution >= 4 is 23.3 Å². The monoisotopic (exact) mass is 265 g/mol. The number of rotatable bonds is 5. The van der Waals surface area contributed by atoms with Gasteiger partial charge in [-0.2, -0.15) is 0 Å². The van der Waals surface area contributed by atoms with Crippen LogP contribution in [0, 0.1) is 0 Å². The average Bonchev–Trinajstić information content (AvgIpc) is 2.79. The number of carbonyl (C=O) groups excluding carboxylic acids is 1. The Kier molecular flexibility index (Phi) is 4.16. The number of nitrogens with zero attached hydrogens (tertiary/aromatic N) is 3. The van der Waals surface area contributed by atoms with Gasteiger partial charge < -0.3 is 0 Å². The van der Waals surface area contributed by atoms with Crippen LogP contribution < -0.4 is 11.3 Å². The van der Waals surface area contributed by atoms with Gasteiger partial charge in [0, 0.05) is 17.9 Å². The standard InChI is InChI=1S/C11H15N5OS/c1-8(5-6-10(17)13-12)18-11-15-14-9-4-2-3-7-16(9)11/h2-4,7-8H,5-6,12H2,1H3,(H,13,17). The molecule has 2 heterocycles. The lowest BCUT2D eigenvalue weighted by molar-refractivity contribution is -0.121. The molecule has 18 heavy (non-hydrogen) atoms. The molecule has 0 aliphatic heterocycles. The highest BCUT2D eigenvalue weighted by Gasteiger charge is 2.11. The number of carbonyl (C=O) groups is 1. The summed E-state index contributed by atoms with van der Waals surface area (Å²) in [6, 6.07) is 5.77. The van der Waals surface area contributed by atoms with Crippen molar-refractivity contribution in [3.8, 4) is 0 Å². The Morgan fingerprint density at radius 2 is 2.39 bits per heavy atom. The summed E-state index contributed by atoms with van der Waals surface area (Å²) in [5.41, 5.74) is 2.95. The molecule has 6 nitrogen and oxygen atoms in total. The predicted octanol–water partition coefficient (Wildman–Crippen LogP) is 0.980. The highest BCUT2D eigenvalue weighted by atomic mass is 32.2. The van der Waals surface area contributed by atoms with Gasteiger partial charge in [-0.05, 0) is 18.6 Å². The third kappa shape index (κ3) is 2.99. The van der Waals surface area contributed by atoms with E-state index in [1.165, 1.54) is 0 Å². The number of pyridine rings is 1. The fourth-order valence-corrected chi connectivity index (χ4v) is 2.50. The first-order valence-corrected chi connectivity index (χ1v) is 6.54. The molecule has 2 aromatic rings. The van der Waals surface area contributed by atoms with Gasteiger partial charge in [0.2, 0.25) is 5.91 Å². The van der Waals surface area contributed by atoms with Crippen molar-refractivity contribution in [1.82, 2.24) is 20.0 Å². The van der Waals surface area contributed by atoms with E-state index in [1.54, 1.807) is 11.8 Å². The molecular formula is C11H15N5OS. The maximum atomic E-state index is 11.1. The van der Waals surface area contributed by atoms with E-state index in [4.69, 9.17) is 5.84 Å². The Hall–Kier alpha value is -1.60. The summed E-state index contributed by atoms with van der Waals surface area (Å²) in [7, 11) is 0. The lowest BCUT2D eigenvalue weighted by Crippen LogP contribution is -2.30. The van der Waals surface area contributed by atoms with Gasteiger partial charge in [0.25, 0.3) is 0 Å². The van der Waals surface area contributed by atoms with Crippen LogP contribution in [0.15, 0.2) is 29.6 Å². The maximum absolute atomic E-state index is 11.1. The molecular weight excluding hydrogens is 250 g/mol. The molecule has 0 aliphatic rings. The highest BCUT2D eigenvalue weighted by Crippen LogP contribution is 2.24. The maximum Gasteiger partial charge on any atom is 0.233 e. The van der Waals surface area contributed by atoms with Crippen LogP contribution in [0.5, 0.6) is 0 Å². The summed E-state index contributed by atoms with van der Waals surface area (Å²) < 4.78 is 1.93. The molecule has 7 heteroatoms. The predicted molar refractivity (Wildman–Crippen MR) is 69.9 cm³/mol. The Labute approximate surface area is 109 Å². The summed E-state index contributed by atoms with van der Waals surface area (Å²) in [6.45, 7) is 2.05. The van der Waals surface area contributed by atoms with E-state index >= 15 is 0 Å². The molecule has 1 amide bonds. The molecule has 0 saturated heterocycles. The number of hydrogen-bond donors (Lipinski definition) is 2. The minimum Gasteiger partial charge on any atom is -0.294 e. The minimum atomic E-state index is -0.145. The minimum absolute atomic E-state index is 0.145. The van der Waals surface area contributed by atoms with E-state index in [9.17, 15) is 4.79 Å². The zero-order chi connectivity index (χ0) is 13.0. The van der Waals surface area contributed by atoms with Crippen molar-refractivity contribution in [2.45, 2.75) is 30.2 Å². The van der Waals surface area contributed by atoms with Crippen LogP contribution in [0.4, 0.5) is 0 Å². The second-order valence-electron chi connectivity index (χ2n) is 3.95. The Balaban J connectivity index is 1.98. The number of hydrazine groups is 1. The van der Waals surface area contributed by atoms with E-state index in [2.05, 4.69) is 22.5 Å². The van der Waals surface area contributed by atoms with Crippen molar-refractivity contribution in [1.29, 1.82) is 0 Å². The van der Waals surface area contributed by atoms with Gasteiger partial charge in [0.1, 0.15) is 0 Å². The Morgan fingerprint density at radius 1 is 1.56 bits per heavy atom. The third-order valence-corrected chi connectivity index (χ3v) is 3.66. The first-order valence-electron chi connectivity index (χ1n) is 5.66. The number of hydrogen-bond acceptors (Lipinski definition) is 5. The summed E-state index contributed by atoms with van der Waals surface area (Å²) >= 11 is 1.60. The van der Waals surface area contributed by atoms with Crippen LogP contribution in [-0.4, -0.2) is 25.8 Å². The molecule has 0 radical (unpaired) electrons. The summed E-state index contributed by atoms with van der Waals surface area (Å²) in [5.74, 6) is 4.89. The van der Waals surface area contributed by atoms with Crippen molar-refractivity contribution in [3.63, 3.8) is 0 Å².